The lowest BCUT2D eigenvalue weighted by atomic mass is 10.2. The molecule has 5 heteroatoms. The molecule has 1 aromatic carbocycles. The van der Waals surface area contributed by atoms with Crippen LogP contribution in [0.3, 0.4) is 0 Å². The minimum absolute atomic E-state index is 0.0289. The van der Waals surface area contributed by atoms with E-state index < -0.39 is 0 Å². The van der Waals surface area contributed by atoms with E-state index in [1.807, 2.05) is 6.92 Å². The summed E-state index contributed by atoms with van der Waals surface area (Å²) in [6.45, 7) is 2.27. The molecule has 1 unspecified atom stereocenters. The van der Waals surface area contributed by atoms with E-state index in [1.165, 1.54) is 0 Å². The Bertz CT molecular complexity index is 382. The topological polar surface area (TPSA) is 68.3 Å². The summed E-state index contributed by atoms with van der Waals surface area (Å²) in [5.74, 6) is 0.398. The van der Waals surface area contributed by atoms with Crippen LogP contribution < -0.4 is 10.5 Å². The zero-order valence-corrected chi connectivity index (χ0v) is 10.0. The highest BCUT2D eigenvalue weighted by Gasteiger charge is 2.12. The molecule has 3 N–H and O–H groups in total. The van der Waals surface area contributed by atoms with E-state index in [1.54, 1.807) is 25.3 Å². The number of amidine groups is 1. The molecule has 0 aliphatic heterocycles. The molecule has 0 aromatic heterocycles. The van der Waals surface area contributed by atoms with E-state index in [0.29, 0.717) is 22.9 Å². The van der Waals surface area contributed by atoms with E-state index in [9.17, 15) is 0 Å². The molecule has 0 aliphatic rings. The number of rotatable bonds is 5. The first-order valence-corrected chi connectivity index (χ1v) is 5.22. The quantitative estimate of drug-likeness (QED) is 0.613. The van der Waals surface area contributed by atoms with Crippen molar-refractivity contribution in [2.45, 2.75) is 13.0 Å². The van der Waals surface area contributed by atoms with Gasteiger partial charge >= 0.3 is 0 Å². The number of nitrogen functional groups attached to an aromatic ring is 1. The highest BCUT2D eigenvalue weighted by molar-refractivity contribution is 6.34. The van der Waals surface area contributed by atoms with Crippen LogP contribution in [0.15, 0.2) is 18.2 Å². The van der Waals surface area contributed by atoms with Gasteiger partial charge in [0.05, 0.1) is 16.7 Å². The number of halogens is 1. The molecule has 4 nitrogen and oxygen atoms in total. The monoisotopic (exact) mass is 242 g/mol. The van der Waals surface area contributed by atoms with Crippen LogP contribution in [0.25, 0.3) is 0 Å². The minimum Gasteiger partial charge on any atom is -0.490 e. The number of methoxy groups -OCH3 is 1. The molecular formula is C11H15ClN2O2. The summed E-state index contributed by atoms with van der Waals surface area (Å²) in [5, 5.41) is 7.84. The molecule has 0 saturated carbocycles. The summed E-state index contributed by atoms with van der Waals surface area (Å²) in [7, 11) is 1.61. The predicted molar refractivity (Wildman–Crippen MR) is 64.4 cm³/mol. The van der Waals surface area contributed by atoms with Crippen molar-refractivity contribution in [3.8, 4) is 5.75 Å². The fourth-order valence-corrected chi connectivity index (χ4v) is 1.43. The normalized spacial score (nSPS) is 12.2. The number of hydrogen-bond acceptors (Lipinski definition) is 3. The Labute approximate surface area is 99.8 Å². The lowest BCUT2D eigenvalue weighted by molar-refractivity contribution is 0.0716. The number of ether oxygens (including phenoxy) is 2. The number of nitrogens with two attached hydrogens (primary N) is 1. The molecule has 1 atom stereocenters. The van der Waals surface area contributed by atoms with E-state index >= 15 is 0 Å². The molecule has 1 aromatic rings. The van der Waals surface area contributed by atoms with Crippen molar-refractivity contribution in [1.29, 1.82) is 5.41 Å². The van der Waals surface area contributed by atoms with Gasteiger partial charge in [0.15, 0.2) is 0 Å². The van der Waals surface area contributed by atoms with Crippen molar-refractivity contribution in [3.05, 3.63) is 28.8 Å². The molecule has 0 fully saturated rings. The summed E-state index contributed by atoms with van der Waals surface area (Å²) in [5.41, 5.74) is 5.87. The second-order valence-electron chi connectivity index (χ2n) is 3.38. The summed E-state index contributed by atoms with van der Waals surface area (Å²) in [6, 6.07) is 5.15. The van der Waals surface area contributed by atoms with Crippen molar-refractivity contribution in [3.63, 3.8) is 0 Å². The van der Waals surface area contributed by atoms with Crippen molar-refractivity contribution >= 4 is 17.4 Å². The molecule has 88 valence electrons. The first kappa shape index (κ1) is 12.8. The van der Waals surface area contributed by atoms with Crippen LogP contribution in [-0.2, 0) is 4.74 Å². The standard InChI is InChI=1S/C11H15ClN2O2/c1-7(15-2)6-16-9-5-3-4-8(12)10(9)11(13)14/h3-5,7H,6H2,1-2H3,(H3,13,14). The maximum atomic E-state index is 7.43. The van der Waals surface area contributed by atoms with E-state index in [4.69, 9.17) is 32.2 Å². The van der Waals surface area contributed by atoms with Crippen molar-refractivity contribution in [1.82, 2.24) is 0 Å². The number of nitrogens with one attached hydrogen (secondary N) is 1. The molecular weight excluding hydrogens is 228 g/mol. The predicted octanol–water partition coefficient (Wildman–Crippen LogP) is 2.04. The van der Waals surface area contributed by atoms with Gasteiger partial charge in [0.1, 0.15) is 18.2 Å². The molecule has 0 saturated heterocycles. The van der Waals surface area contributed by atoms with Crippen LogP contribution in [0.2, 0.25) is 5.02 Å². The van der Waals surface area contributed by atoms with Crippen LogP contribution >= 0.6 is 11.6 Å². The lowest BCUT2D eigenvalue weighted by Crippen LogP contribution is -2.19. The average Bonchev–Trinajstić information content (AvgIpc) is 2.25. The Morgan fingerprint density at radius 1 is 1.56 bits per heavy atom. The summed E-state index contributed by atoms with van der Waals surface area (Å²) in [4.78, 5) is 0. The second-order valence-corrected chi connectivity index (χ2v) is 3.79. The van der Waals surface area contributed by atoms with Crippen molar-refractivity contribution in [2.75, 3.05) is 13.7 Å². The Balaban J connectivity index is 2.87. The zero-order chi connectivity index (χ0) is 12.1. The maximum absolute atomic E-state index is 7.43. The van der Waals surface area contributed by atoms with Gasteiger partial charge in [-0.3, -0.25) is 5.41 Å². The first-order chi connectivity index (χ1) is 7.56. The van der Waals surface area contributed by atoms with E-state index in [2.05, 4.69) is 0 Å². The van der Waals surface area contributed by atoms with Gasteiger partial charge in [-0.1, -0.05) is 17.7 Å². The Morgan fingerprint density at radius 3 is 2.81 bits per heavy atom. The van der Waals surface area contributed by atoms with Gasteiger partial charge in [0.2, 0.25) is 0 Å². The number of benzene rings is 1. The summed E-state index contributed by atoms with van der Waals surface area (Å²) < 4.78 is 10.6. The van der Waals surface area contributed by atoms with Crippen LogP contribution in [0.5, 0.6) is 5.75 Å². The molecule has 0 heterocycles. The van der Waals surface area contributed by atoms with E-state index in [0.717, 1.165) is 0 Å². The Kier molecular flexibility index (Phi) is 4.58. The van der Waals surface area contributed by atoms with Crippen molar-refractivity contribution < 1.29 is 9.47 Å². The van der Waals surface area contributed by atoms with Crippen LogP contribution in [-0.4, -0.2) is 25.7 Å². The maximum Gasteiger partial charge on any atom is 0.131 e. The van der Waals surface area contributed by atoms with Gasteiger partial charge in [0, 0.05) is 7.11 Å². The molecule has 0 amide bonds. The molecule has 16 heavy (non-hydrogen) atoms. The van der Waals surface area contributed by atoms with Gasteiger partial charge in [-0.05, 0) is 19.1 Å². The summed E-state index contributed by atoms with van der Waals surface area (Å²) in [6.07, 6.45) is -0.0289. The lowest BCUT2D eigenvalue weighted by Gasteiger charge is -2.14. The van der Waals surface area contributed by atoms with Gasteiger partial charge in [-0.15, -0.1) is 0 Å². The molecule has 0 bridgehead atoms. The SMILES string of the molecule is COC(C)COc1cccc(Cl)c1C(=N)N. The highest BCUT2D eigenvalue weighted by Crippen LogP contribution is 2.25. The molecule has 1 rings (SSSR count). The van der Waals surface area contributed by atoms with Crippen LogP contribution in [0, 0.1) is 5.41 Å². The smallest absolute Gasteiger partial charge is 0.131 e. The second kappa shape index (κ2) is 5.72. The third-order valence-corrected chi connectivity index (χ3v) is 2.44. The van der Waals surface area contributed by atoms with Crippen LogP contribution in [0.1, 0.15) is 12.5 Å². The first-order valence-electron chi connectivity index (χ1n) is 4.84. The summed E-state index contributed by atoms with van der Waals surface area (Å²) >= 11 is 5.94. The third kappa shape index (κ3) is 3.12. The molecule has 0 spiro atoms. The van der Waals surface area contributed by atoms with Gasteiger partial charge in [0.25, 0.3) is 0 Å². The fraction of sp³-hybridized carbons (Fsp3) is 0.364. The van der Waals surface area contributed by atoms with E-state index in [-0.39, 0.29) is 11.9 Å². The van der Waals surface area contributed by atoms with Crippen molar-refractivity contribution in [2.24, 2.45) is 5.73 Å². The van der Waals surface area contributed by atoms with Gasteiger partial charge in [-0.2, -0.15) is 0 Å². The molecule has 0 radical (unpaired) electrons. The largest absolute Gasteiger partial charge is 0.490 e. The van der Waals surface area contributed by atoms with Crippen LogP contribution in [0.4, 0.5) is 0 Å². The Morgan fingerprint density at radius 2 is 2.25 bits per heavy atom. The average molecular weight is 243 g/mol. The zero-order valence-electron chi connectivity index (χ0n) is 9.29. The number of hydrogen-bond donors (Lipinski definition) is 2. The van der Waals surface area contributed by atoms with Gasteiger partial charge < -0.3 is 15.2 Å². The minimum atomic E-state index is -0.106. The highest BCUT2D eigenvalue weighted by atomic mass is 35.5. The molecule has 0 aliphatic carbocycles. The fourth-order valence-electron chi connectivity index (χ4n) is 1.16. The van der Waals surface area contributed by atoms with Gasteiger partial charge in [-0.25, -0.2) is 0 Å². The third-order valence-electron chi connectivity index (χ3n) is 2.12. The Hall–Kier alpha value is -1.26.